The van der Waals surface area contributed by atoms with E-state index in [0.29, 0.717) is 17.5 Å². The first-order chi connectivity index (χ1) is 24.8. The maximum Gasteiger partial charge on any atom is 0.164 e. The van der Waals surface area contributed by atoms with Crippen LogP contribution in [0.1, 0.15) is 0 Å². The normalized spacial score (nSPS) is 11.6. The highest BCUT2D eigenvalue weighted by molar-refractivity contribution is 7.26. The molecule has 0 radical (unpaired) electrons. The maximum absolute atomic E-state index is 5.13. The number of nitrogens with zero attached hydrogens (tertiary/aromatic N) is 4. The number of hydrogen-bond acceptors (Lipinski definition) is 4. The Morgan fingerprint density at radius 3 is 1.56 bits per heavy atom. The van der Waals surface area contributed by atoms with Gasteiger partial charge in [-0.3, -0.25) is 0 Å². The summed E-state index contributed by atoms with van der Waals surface area (Å²) in [6.45, 7) is 0. The summed E-state index contributed by atoms with van der Waals surface area (Å²) < 4.78 is 4.98. The van der Waals surface area contributed by atoms with E-state index in [1.165, 1.54) is 31.3 Å². The van der Waals surface area contributed by atoms with Crippen molar-refractivity contribution in [2.24, 2.45) is 0 Å². The summed E-state index contributed by atoms with van der Waals surface area (Å²) in [4.78, 5) is 15.2. The molecular formula is C45H28N4S. The van der Waals surface area contributed by atoms with Crippen LogP contribution in [-0.2, 0) is 0 Å². The predicted molar refractivity (Wildman–Crippen MR) is 209 cm³/mol. The molecular weight excluding hydrogens is 629 g/mol. The zero-order valence-electron chi connectivity index (χ0n) is 26.9. The molecule has 10 rings (SSSR count). The van der Waals surface area contributed by atoms with E-state index in [1.807, 2.05) is 47.7 Å². The first kappa shape index (κ1) is 28.6. The van der Waals surface area contributed by atoms with Crippen LogP contribution in [0.2, 0.25) is 0 Å². The molecule has 0 saturated carbocycles. The van der Waals surface area contributed by atoms with Gasteiger partial charge in [-0.2, -0.15) is 0 Å². The Morgan fingerprint density at radius 1 is 0.360 bits per heavy atom. The van der Waals surface area contributed by atoms with Gasteiger partial charge in [-0.05, 0) is 29.3 Å². The van der Waals surface area contributed by atoms with Gasteiger partial charge >= 0.3 is 0 Å². The molecule has 0 aliphatic carbocycles. The Balaban J connectivity index is 1.25. The van der Waals surface area contributed by atoms with Crippen LogP contribution >= 0.6 is 11.3 Å². The minimum absolute atomic E-state index is 0.652. The quantitative estimate of drug-likeness (QED) is 0.185. The van der Waals surface area contributed by atoms with Crippen LogP contribution in [0.15, 0.2) is 170 Å². The van der Waals surface area contributed by atoms with E-state index in [4.69, 9.17) is 15.0 Å². The summed E-state index contributed by atoms with van der Waals surface area (Å²) in [7, 11) is 0. The summed E-state index contributed by atoms with van der Waals surface area (Å²) in [5.74, 6) is 1.96. The number of hydrogen-bond donors (Lipinski definition) is 0. The molecule has 0 spiro atoms. The van der Waals surface area contributed by atoms with Gasteiger partial charge in [0.05, 0.1) is 21.4 Å². The van der Waals surface area contributed by atoms with Crippen molar-refractivity contribution in [2.75, 3.05) is 0 Å². The maximum atomic E-state index is 5.13. The van der Waals surface area contributed by atoms with E-state index < -0.39 is 0 Å². The van der Waals surface area contributed by atoms with Crippen LogP contribution < -0.4 is 0 Å². The first-order valence-electron chi connectivity index (χ1n) is 16.7. The Morgan fingerprint density at radius 2 is 0.860 bits per heavy atom. The van der Waals surface area contributed by atoms with Gasteiger partial charge in [-0.1, -0.05) is 152 Å². The van der Waals surface area contributed by atoms with Crippen molar-refractivity contribution < 1.29 is 0 Å². The monoisotopic (exact) mass is 656 g/mol. The first-order valence-corrected chi connectivity index (χ1v) is 17.5. The highest BCUT2D eigenvalue weighted by Crippen LogP contribution is 2.45. The fourth-order valence-corrected chi connectivity index (χ4v) is 8.56. The molecule has 234 valence electrons. The Hall–Kier alpha value is -6.43. The van der Waals surface area contributed by atoms with Crippen molar-refractivity contribution in [1.29, 1.82) is 0 Å². The molecule has 7 aromatic carbocycles. The topological polar surface area (TPSA) is 43.6 Å². The summed E-state index contributed by atoms with van der Waals surface area (Å²) in [6, 6.07) is 59.5. The van der Waals surface area contributed by atoms with Crippen molar-refractivity contribution in [2.45, 2.75) is 0 Å². The van der Waals surface area contributed by atoms with Gasteiger partial charge in [0.15, 0.2) is 17.5 Å². The minimum Gasteiger partial charge on any atom is -0.308 e. The predicted octanol–water partition coefficient (Wildman–Crippen LogP) is 12.0. The van der Waals surface area contributed by atoms with Crippen molar-refractivity contribution in [3.8, 4) is 51.0 Å². The molecule has 0 unspecified atom stereocenters. The molecule has 5 heteroatoms. The van der Waals surface area contributed by atoms with Gasteiger partial charge in [0, 0.05) is 42.9 Å². The zero-order valence-corrected chi connectivity index (χ0v) is 27.7. The lowest BCUT2D eigenvalue weighted by molar-refractivity contribution is 1.08. The second-order valence-electron chi connectivity index (χ2n) is 12.4. The van der Waals surface area contributed by atoms with Gasteiger partial charge in [-0.15, -0.1) is 11.3 Å². The summed E-state index contributed by atoms with van der Waals surface area (Å²) >= 11 is 1.87. The summed E-state index contributed by atoms with van der Waals surface area (Å²) in [5, 5.41) is 4.82. The summed E-state index contributed by atoms with van der Waals surface area (Å²) in [5.41, 5.74) is 8.79. The highest BCUT2D eigenvalue weighted by atomic mass is 32.1. The third-order valence-electron chi connectivity index (χ3n) is 9.47. The molecule has 0 amide bonds. The molecule has 0 saturated heterocycles. The Kier molecular flexibility index (Phi) is 6.64. The van der Waals surface area contributed by atoms with E-state index in [9.17, 15) is 0 Å². The second kappa shape index (κ2) is 11.6. The molecule has 0 atom stereocenters. The standard InChI is InChI=1S/C45H28N4S/c1-4-15-29(16-5-1)32-22-12-23-33-34-24-13-28-39(42(34)50-41(32)33)49-37-26-11-10-21-35(37)40-36(25-14-27-38(40)49)45-47-43(30-17-6-2-7-18-30)46-44(48-45)31-19-8-3-9-20-31/h1-28H. The van der Waals surface area contributed by atoms with Crippen molar-refractivity contribution in [1.82, 2.24) is 19.5 Å². The highest BCUT2D eigenvalue weighted by Gasteiger charge is 2.21. The SMILES string of the molecule is c1ccc(-c2nc(-c3ccccc3)nc(-c3cccc4c3c3ccccc3n4-c3cccc4c3sc3c(-c5ccccc5)cccc34)n2)cc1. The molecule has 0 fully saturated rings. The second-order valence-corrected chi connectivity index (χ2v) is 13.4. The van der Waals surface area contributed by atoms with E-state index in [2.05, 4.69) is 138 Å². The Labute approximate surface area is 292 Å². The Bertz CT molecular complexity index is 2800. The van der Waals surface area contributed by atoms with Crippen LogP contribution in [0, 0.1) is 0 Å². The molecule has 0 aliphatic heterocycles. The lowest BCUT2D eigenvalue weighted by atomic mass is 10.0. The number of para-hydroxylation sites is 1. The average molecular weight is 657 g/mol. The zero-order chi connectivity index (χ0) is 33.0. The van der Waals surface area contributed by atoms with E-state index >= 15 is 0 Å². The molecule has 4 nitrogen and oxygen atoms in total. The summed E-state index contributed by atoms with van der Waals surface area (Å²) in [6.07, 6.45) is 0. The molecule has 3 aromatic heterocycles. The van der Waals surface area contributed by atoms with E-state index in [1.54, 1.807) is 0 Å². The molecule has 0 aliphatic rings. The third-order valence-corrected chi connectivity index (χ3v) is 10.7. The minimum atomic E-state index is 0.652. The smallest absolute Gasteiger partial charge is 0.164 e. The molecule has 0 bridgehead atoms. The van der Waals surface area contributed by atoms with Gasteiger partial charge in [0.1, 0.15) is 0 Å². The fourth-order valence-electron chi connectivity index (χ4n) is 7.22. The number of thiophene rings is 1. The van der Waals surface area contributed by atoms with Gasteiger partial charge in [0.2, 0.25) is 0 Å². The van der Waals surface area contributed by atoms with E-state index in [-0.39, 0.29) is 0 Å². The largest absolute Gasteiger partial charge is 0.308 e. The van der Waals surface area contributed by atoms with Gasteiger partial charge in [0.25, 0.3) is 0 Å². The van der Waals surface area contributed by atoms with Crippen LogP contribution in [0.25, 0.3) is 93.0 Å². The number of aromatic nitrogens is 4. The number of benzene rings is 7. The molecule has 0 N–H and O–H groups in total. The van der Waals surface area contributed by atoms with Crippen molar-refractivity contribution in [3.05, 3.63) is 170 Å². The average Bonchev–Trinajstić information content (AvgIpc) is 3.75. The van der Waals surface area contributed by atoms with Crippen molar-refractivity contribution >= 4 is 53.3 Å². The molecule has 50 heavy (non-hydrogen) atoms. The van der Waals surface area contributed by atoms with Gasteiger partial charge in [-0.25, -0.2) is 15.0 Å². The number of rotatable bonds is 5. The van der Waals surface area contributed by atoms with Crippen LogP contribution in [0.5, 0.6) is 0 Å². The van der Waals surface area contributed by atoms with Gasteiger partial charge < -0.3 is 4.57 Å². The molecule has 3 heterocycles. The van der Waals surface area contributed by atoms with Crippen molar-refractivity contribution in [3.63, 3.8) is 0 Å². The van der Waals surface area contributed by atoms with E-state index in [0.717, 1.165) is 44.2 Å². The fraction of sp³-hybridized carbons (Fsp3) is 0. The van der Waals surface area contributed by atoms with Crippen LogP contribution in [-0.4, -0.2) is 19.5 Å². The third kappa shape index (κ3) is 4.55. The van der Waals surface area contributed by atoms with Crippen LogP contribution in [0.3, 0.4) is 0 Å². The van der Waals surface area contributed by atoms with Crippen LogP contribution in [0.4, 0.5) is 0 Å². The molecule has 10 aromatic rings. The lowest BCUT2D eigenvalue weighted by Crippen LogP contribution is -2.00. The number of fused-ring (bicyclic) bond motifs is 6. The lowest BCUT2D eigenvalue weighted by Gasteiger charge is -2.11.